The maximum atomic E-state index is 5.37. The lowest BCUT2D eigenvalue weighted by molar-refractivity contribution is 1.18. The number of benzene rings is 8. The Kier molecular flexibility index (Phi) is 7.58. The largest absolute Gasteiger partial charge is 0.246 e. The van der Waals surface area contributed by atoms with Gasteiger partial charge in [0, 0.05) is 63.3 Å². The van der Waals surface area contributed by atoms with E-state index >= 15 is 0 Å². The Balaban J connectivity index is 0.963. The molecule has 58 heavy (non-hydrogen) atoms. The van der Waals surface area contributed by atoms with Gasteiger partial charge in [0.25, 0.3) is 0 Å². The number of hydrogen-bond donors (Lipinski definition) is 0. The van der Waals surface area contributed by atoms with E-state index in [1.165, 1.54) is 67.6 Å². The normalized spacial score (nSPS) is 11.8. The van der Waals surface area contributed by atoms with Gasteiger partial charge in [0.2, 0.25) is 0 Å². The molecule has 12 rings (SSSR count). The smallest absolute Gasteiger partial charge is 0.160 e. The summed E-state index contributed by atoms with van der Waals surface area (Å²) in [6.07, 6.45) is 0. The molecule has 0 fully saturated rings. The van der Waals surface area contributed by atoms with Crippen LogP contribution in [0.3, 0.4) is 0 Å². The maximum Gasteiger partial charge on any atom is 0.160 e. The van der Waals surface area contributed by atoms with Gasteiger partial charge in [-0.3, -0.25) is 0 Å². The van der Waals surface area contributed by atoms with E-state index in [0.29, 0.717) is 5.82 Å². The van der Waals surface area contributed by atoms with E-state index < -0.39 is 0 Å². The van der Waals surface area contributed by atoms with Gasteiger partial charge in [-0.1, -0.05) is 164 Å². The number of thiophene rings is 2. The van der Waals surface area contributed by atoms with Crippen molar-refractivity contribution < 1.29 is 0 Å². The van der Waals surface area contributed by atoms with Gasteiger partial charge in [0.05, 0.1) is 27.3 Å². The van der Waals surface area contributed by atoms with Gasteiger partial charge in [0.1, 0.15) is 0 Å². The first-order chi connectivity index (χ1) is 28.7. The molecule has 0 spiro atoms. The van der Waals surface area contributed by atoms with Crippen molar-refractivity contribution in [2.24, 2.45) is 0 Å². The van der Waals surface area contributed by atoms with E-state index in [1.54, 1.807) is 0 Å². The van der Waals surface area contributed by atoms with Crippen molar-refractivity contribution >= 4 is 84.7 Å². The van der Waals surface area contributed by atoms with Gasteiger partial charge in [0.15, 0.2) is 5.82 Å². The highest BCUT2D eigenvalue weighted by atomic mass is 32.1. The van der Waals surface area contributed by atoms with Gasteiger partial charge in [-0.25, -0.2) is 15.0 Å². The second-order valence-electron chi connectivity index (χ2n) is 14.7. The molecule has 0 aliphatic heterocycles. The molecule has 0 aliphatic carbocycles. The van der Waals surface area contributed by atoms with Crippen molar-refractivity contribution in [1.82, 2.24) is 15.0 Å². The number of aromatic nitrogens is 3. The lowest BCUT2D eigenvalue weighted by Gasteiger charge is -2.12. The van der Waals surface area contributed by atoms with E-state index in [-0.39, 0.29) is 0 Å². The summed E-state index contributed by atoms with van der Waals surface area (Å²) in [5.41, 5.74) is 10.3. The Bertz CT molecular complexity index is 3550. The summed E-state index contributed by atoms with van der Waals surface area (Å²) in [4.78, 5) is 15.7. The quantitative estimate of drug-likeness (QED) is 0.164. The summed E-state index contributed by atoms with van der Waals surface area (Å²) >= 11 is 3.68. The molecule has 270 valence electrons. The predicted molar refractivity (Wildman–Crippen MR) is 248 cm³/mol. The molecule has 0 saturated heterocycles. The summed E-state index contributed by atoms with van der Waals surface area (Å²) in [6, 6.07) is 67.0. The van der Waals surface area contributed by atoms with Crippen LogP contribution >= 0.6 is 22.7 Å². The van der Waals surface area contributed by atoms with E-state index in [2.05, 4.69) is 170 Å². The first-order valence-corrected chi connectivity index (χ1v) is 21.1. The average Bonchev–Trinajstić information content (AvgIpc) is 3.88. The zero-order valence-corrected chi connectivity index (χ0v) is 32.7. The molecule has 0 saturated carbocycles. The van der Waals surface area contributed by atoms with Crippen LogP contribution in [0.15, 0.2) is 188 Å². The number of pyridine rings is 1. The maximum absolute atomic E-state index is 5.37. The topological polar surface area (TPSA) is 38.7 Å². The van der Waals surface area contributed by atoms with Crippen LogP contribution in [0.5, 0.6) is 0 Å². The Morgan fingerprint density at radius 1 is 0.345 bits per heavy atom. The molecule has 0 aliphatic rings. The molecular formula is C53H31N3S2. The second kappa shape index (κ2) is 13.3. The minimum absolute atomic E-state index is 0.701. The summed E-state index contributed by atoms with van der Waals surface area (Å²) in [5.74, 6) is 0.701. The van der Waals surface area contributed by atoms with Gasteiger partial charge in [-0.15, -0.1) is 22.7 Å². The van der Waals surface area contributed by atoms with Crippen molar-refractivity contribution in [1.29, 1.82) is 0 Å². The lowest BCUT2D eigenvalue weighted by Crippen LogP contribution is -1.96. The Hall–Kier alpha value is -7.05. The molecule has 5 heteroatoms. The third-order valence-electron chi connectivity index (χ3n) is 11.3. The summed E-state index contributed by atoms with van der Waals surface area (Å²) in [7, 11) is 0. The van der Waals surface area contributed by atoms with Crippen LogP contribution in [0.25, 0.3) is 118 Å². The van der Waals surface area contributed by atoms with Crippen LogP contribution in [-0.2, 0) is 0 Å². The molecule has 8 aromatic carbocycles. The van der Waals surface area contributed by atoms with Crippen LogP contribution in [0.4, 0.5) is 0 Å². The van der Waals surface area contributed by atoms with Crippen molar-refractivity contribution in [2.75, 3.05) is 0 Å². The van der Waals surface area contributed by atoms with Gasteiger partial charge in [-0.05, 0) is 46.2 Å². The van der Waals surface area contributed by atoms with Crippen molar-refractivity contribution in [3.8, 4) is 56.3 Å². The molecule has 4 heterocycles. The van der Waals surface area contributed by atoms with Crippen molar-refractivity contribution in [3.05, 3.63) is 188 Å². The highest BCUT2D eigenvalue weighted by Crippen LogP contribution is 2.45. The van der Waals surface area contributed by atoms with Crippen LogP contribution < -0.4 is 0 Å². The summed E-state index contributed by atoms with van der Waals surface area (Å²) in [5, 5.41) is 8.85. The Morgan fingerprint density at radius 3 is 1.69 bits per heavy atom. The van der Waals surface area contributed by atoms with Gasteiger partial charge in [-0.2, -0.15) is 0 Å². The molecule has 0 N–H and O–H groups in total. The van der Waals surface area contributed by atoms with Crippen LogP contribution in [0.1, 0.15) is 0 Å². The van der Waals surface area contributed by atoms with Crippen LogP contribution in [0, 0.1) is 0 Å². The molecular weight excluding hydrogens is 743 g/mol. The zero-order valence-electron chi connectivity index (χ0n) is 31.1. The fraction of sp³-hybridized carbons (Fsp3) is 0. The molecule has 4 aromatic heterocycles. The number of fused-ring (bicyclic) bond motifs is 10. The number of hydrogen-bond acceptors (Lipinski definition) is 5. The molecule has 0 unspecified atom stereocenters. The van der Waals surface area contributed by atoms with E-state index in [4.69, 9.17) is 15.0 Å². The lowest BCUT2D eigenvalue weighted by atomic mass is 9.98. The van der Waals surface area contributed by atoms with E-state index in [0.717, 1.165) is 44.9 Å². The highest BCUT2D eigenvalue weighted by Gasteiger charge is 2.19. The number of nitrogens with zero attached hydrogens (tertiary/aromatic N) is 3. The third-order valence-corrected chi connectivity index (χ3v) is 13.7. The SMILES string of the molecule is c1ccc(-c2nc(-c3ccc(-c4cccc5c4sc4ccccc45)cc3)cc(-c3ccc(-c4nc5ccc6ccccc6c5c5c4sc4ccccc45)cc3)n2)cc1. The van der Waals surface area contributed by atoms with Crippen molar-refractivity contribution in [2.45, 2.75) is 0 Å². The van der Waals surface area contributed by atoms with Crippen LogP contribution in [-0.4, -0.2) is 15.0 Å². The standard InChI is InChI=1S/C53H31N3S2/c1-2-12-37(13-3-1)53-55-44(34-23-21-33(22-24-34)39-17-10-18-41-40-15-6-8-19-46(40)57-51(39)41)31-45(56-53)35-25-27-36(28-26-35)50-52-49(42-16-7-9-20-47(42)58-52)48-38-14-5-4-11-32(38)29-30-43(48)54-50/h1-31H. The molecule has 0 atom stereocenters. The Labute approximate surface area is 342 Å². The van der Waals surface area contributed by atoms with Crippen LogP contribution in [0.2, 0.25) is 0 Å². The second-order valence-corrected chi connectivity index (χ2v) is 16.8. The predicted octanol–water partition coefficient (Wildman–Crippen LogP) is 15.2. The first-order valence-electron chi connectivity index (χ1n) is 19.4. The minimum Gasteiger partial charge on any atom is -0.246 e. The van der Waals surface area contributed by atoms with Crippen molar-refractivity contribution in [3.63, 3.8) is 0 Å². The fourth-order valence-corrected chi connectivity index (χ4v) is 11.0. The summed E-state index contributed by atoms with van der Waals surface area (Å²) < 4.78 is 5.11. The third kappa shape index (κ3) is 5.36. The molecule has 0 bridgehead atoms. The monoisotopic (exact) mass is 773 g/mol. The average molecular weight is 774 g/mol. The molecule has 0 radical (unpaired) electrons. The highest BCUT2D eigenvalue weighted by molar-refractivity contribution is 7.26. The fourth-order valence-electron chi connectivity index (χ4n) is 8.50. The van der Waals surface area contributed by atoms with E-state index in [9.17, 15) is 0 Å². The minimum atomic E-state index is 0.701. The summed E-state index contributed by atoms with van der Waals surface area (Å²) in [6.45, 7) is 0. The van der Waals surface area contributed by atoms with Gasteiger partial charge >= 0.3 is 0 Å². The number of rotatable bonds is 5. The first kappa shape index (κ1) is 33.1. The Morgan fingerprint density at radius 2 is 0.931 bits per heavy atom. The van der Waals surface area contributed by atoms with Gasteiger partial charge < -0.3 is 0 Å². The zero-order chi connectivity index (χ0) is 38.2. The molecule has 0 amide bonds. The molecule has 12 aromatic rings. The van der Waals surface area contributed by atoms with E-state index in [1.807, 2.05) is 40.9 Å². The molecule has 3 nitrogen and oxygen atoms in total.